The summed E-state index contributed by atoms with van der Waals surface area (Å²) >= 11 is 0. The number of carbonyl (C=O) groups excluding carboxylic acids is 1. The van der Waals surface area contributed by atoms with Crippen LogP contribution in [0.2, 0.25) is 0 Å². The number of likely N-dealkylation sites (tertiary alicyclic amines) is 1. The molecule has 0 radical (unpaired) electrons. The zero-order valence-electron chi connectivity index (χ0n) is 15.2. The van der Waals surface area contributed by atoms with Crippen molar-refractivity contribution in [3.8, 4) is 0 Å². The van der Waals surface area contributed by atoms with Gasteiger partial charge >= 0.3 is 0 Å². The summed E-state index contributed by atoms with van der Waals surface area (Å²) in [6.07, 6.45) is 2.00. The lowest BCUT2D eigenvalue weighted by atomic mass is 9.91. The van der Waals surface area contributed by atoms with Gasteiger partial charge in [0.05, 0.1) is 16.6 Å². The number of aromatic nitrogens is 3. The van der Waals surface area contributed by atoms with Gasteiger partial charge in [-0.15, -0.1) is 24.8 Å². The minimum absolute atomic E-state index is 0. The quantitative estimate of drug-likeness (QED) is 0.858. The molecule has 2 aromatic heterocycles. The third kappa shape index (κ3) is 3.91. The van der Waals surface area contributed by atoms with Crippen molar-refractivity contribution in [2.24, 2.45) is 18.7 Å². The first kappa shape index (κ1) is 21.7. The highest BCUT2D eigenvalue weighted by atomic mass is 35.5. The van der Waals surface area contributed by atoms with Gasteiger partial charge in [-0.05, 0) is 38.7 Å². The van der Waals surface area contributed by atoms with Gasteiger partial charge in [-0.2, -0.15) is 5.10 Å². The average molecular weight is 388 g/mol. The van der Waals surface area contributed by atoms with Crippen LogP contribution >= 0.6 is 24.8 Å². The van der Waals surface area contributed by atoms with Crippen LogP contribution in [-0.2, 0) is 7.05 Å². The molecule has 1 amide bonds. The molecule has 2 aromatic rings. The summed E-state index contributed by atoms with van der Waals surface area (Å²) in [4.78, 5) is 19.7. The van der Waals surface area contributed by atoms with Crippen molar-refractivity contribution in [2.75, 3.05) is 13.1 Å². The predicted molar refractivity (Wildman–Crippen MR) is 105 cm³/mol. The van der Waals surface area contributed by atoms with Crippen molar-refractivity contribution >= 4 is 41.8 Å². The molecule has 1 fully saturated rings. The lowest BCUT2D eigenvalue weighted by molar-refractivity contribution is 0.0575. The average Bonchev–Trinajstić information content (AvgIpc) is 2.80. The van der Waals surface area contributed by atoms with Gasteiger partial charge in [0.25, 0.3) is 5.91 Å². The van der Waals surface area contributed by atoms with Gasteiger partial charge in [0.2, 0.25) is 0 Å². The minimum Gasteiger partial charge on any atom is -0.334 e. The van der Waals surface area contributed by atoms with Crippen LogP contribution in [0.1, 0.15) is 41.5 Å². The number of fused-ring (bicyclic) bond motifs is 1. The van der Waals surface area contributed by atoms with E-state index in [1.54, 1.807) is 4.68 Å². The third-order valence-corrected chi connectivity index (χ3v) is 4.84. The molecule has 0 spiro atoms. The molecule has 1 aliphatic heterocycles. The number of hydrogen-bond acceptors (Lipinski definition) is 4. The molecule has 1 aliphatic rings. The Kier molecular flexibility index (Phi) is 7.23. The molecule has 3 rings (SSSR count). The molecular formula is C17H27Cl2N5O. The standard InChI is InChI=1S/C17H25N5O.2ClH/c1-10-5-6-22(13(7-10)9-18)17(23)14-8-11(2)19-16-15(14)12(3)20-21(16)4;;/h8,10,13H,5-7,9,18H2,1-4H3;2*1H. The van der Waals surface area contributed by atoms with E-state index in [0.717, 1.165) is 41.8 Å². The highest BCUT2D eigenvalue weighted by Gasteiger charge is 2.31. The van der Waals surface area contributed by atoms with Crippen molar-refractivity contribution in [2.45, 2.75) is 39.7 Å². The fourth-order valence-electron chi connectivity index (χ4n) is 3.64. The maximum atomic E-state index is 13.2. The zero-order chi connectivity index (χ0) is 16.7. The normalized spacial score (nSPS) is 20.1. The Morgan fingerprint density at radius 2 is 2.04 bits per heavy atom. The van der Waals surface area contributed by atoms with Crippen molar-refractivity contribution in [1.29, 1.82) is 0 Å². The number of pyridine rings is 1. The SMILES string of the molecule is Cc1cc(C(=O)N2CCC(C)CC2CN)c2c(C)nn(C)c2n1.Cl.Cl. The number of amides is 1. The Bertz CT molecular complexity index is 761. The van der Waals surface area contributed by atoms with Gasteiger partial charge in [0.1, 0.15) is 0 Å². The number of nitrogens with zero attached hydrogens (tertiary/aromatic N) is 4. The summed E-state index contributed by atoms with van der Waals surface area (Å²) in [5.74, 6) is 0.672. The monoisotopic (exact) mass is 387 g/mol. The Balaban J connectivity index is 0.00000156. The minimum atomic E-state index is 0. The molecule has 2 unspecified atom stereocenters. The fourth-order valence-corrected chi connectivity index (χ4v) is 3.64. The summed E-state index contributed by atoms with van der Waals surface area (Å²) in [7, 11) is 1.86. The summed E-state index contributed by atoms with van der Waals surface area (Å²) in [6, 6.07) is 2.00. The fraction of sp³-hybridized carbons (Fsp3) is 0.588. The first-order valence-electron chi connectivity index (χ1n) is 8.24. The first-order valence-corrected chi connectivity index (χ1v) is 8.24. The van der Waals surface area contributed by atoms with Gasteiger partial charge in [-0.1, -0.05) is 6.92 Å². The molecule has 0 aliphatic carbocycles. The number of halogens is 2. The Morgan fingerprint density at radius 3 is 2.68 bits per heavy atom. The maximum Gasteiger partial charge on any atom is 0.255 e. The molecule has 25 heavy (non-hydrogen) atoms. The van der Waals surface area contributed by atoms with E-state index in [2.05, 4.69) is 17.0 Å². The van der Waals surface area contributed by atoms with E-state index in [4.69, 9.17) is 5.73 Å². The van der Waals surface area contributed by atoms with Gasteiger partial charge in [0, 0.05) is 31.9 Å². The summed E-state index contributed by atoms with van der Waals surface area (Å²) in [6.45, 7) is 7.34. The molecule has 6 nitrogen and oxygen atoms in total. The Hall–Kier alpha value is -1.37. The van der Waals surface area contributed by atoms with Crippen LogP contribution in [0, 0.1) is 19.8 Å². The zero-order valence-corrected chi connectivity index (χ0v) is 16.8. The molecule has 0 bridgehead atoms. The Labute approximate surface area is 161 Å². The van der Waals surface area contributed by atoms with E-state index in [1.807, 2.05) is 31.9 Å². The Morgan fingerprint density at radius 1 is 1.36 bits per heavy atom. The van der Waals surface area contributed by atoms with Crippen molar-refractivity contribution in [3.63, 3.8) is 0 Å². The second-order valence-electron chi connectivity index (χ2n) is 6.74. The van der Waals surface area contributed by atoms with Gasteiger partial charge in [-0.25, -0.2) is 4.98 Å². The van der Waals surface area contributed by atoms with E-state index < -0.39 is 0 Å². The molecule has 2 N–H and O–H groups in total. The smallest absolute Gasteiger partial charge is 0.255 e. The molecule has 0 aromatic carbocycles. The van der Waals surface area contributed by atoms with Crippen molar-refractivity contribution in [3.05, 3.63) is 23.0 Å². The van der Waals surface area contributed by atoms with Crippen LogP contribution in [0.3, 0.4) is 0 Å². The lowest BCUT2D eigenvalue weighted by Gasteiger charge is -2.38. The van der Waals surface area contributed by atoms with Crippen molar-refractivity contribution in [1.82, 2.24) is 19.7 Å². The van der Waals surface area contributed by atoms with Crippen molar-refractivity contribution < 1.29 is 4.79 Å². The van der Waals surface area contributed by atoms with E-state index in [9.17, 15) is 4.79 Å². The molecule has 0 saturated carbocycles. The second kappa shape index (κ2) is 8.34. The topological polar surface area (TPSA) is 77.0 Å². The van der Waals surface area contributed by atoms with Crippen LogP contribution in [-0.4, -0.2) is 44.7 Å². The predicted octanol–water partition coefficient (Wildman–Crippen LogP) is 2.63. The summed E-state index contributed by atoms with van der Waals surface area (Å²) in [5.41, 5.74) is 9.06. The van der Waals surface area contributed by atoms with E-state index in [1.165, 1.54) is 0 Å². The maximum absolute atomic E-state index is 13.2. The summed E-state index contributed by atoms with van der Waals surface area (Å²) < 4.78 is 1.74. The molecule has 140 valence electrons. The molecule has 8 heteroatoms. The molecule has 2 atom stereocenters. The number of aryl methyl sites for hydroxylation is 3. The highest BCUT2D eigenvalue weighted by Crippen LogP contribution is 2.27. The summed E-state index contributed by atoms with van der Waals surface area (Å²) in [5, 5.41) is 5.29. The highest BCUT2D eigenvalue weighted by molar-refractivity contribution is 6.06. The molecule has 1 saturated heterocycles. The van der Waals surface area contributed by atoms with Gasteiger partial charge < -0.3 is 10.6 Å². The molecule has 3 heterocycles. The first-order chi connectivity index (χ1) is 10.9. The van der Waals surface area contributed by atoms with Crippen LogP contribution < -0.4 is 5.73 Å². The van der Waals surface area contributed by atoms with Crippen LogP contribution in [0.5, 0.6) is 0 Å². The third-order valence-electron chi connectivity index (χ3n) is 4.84. The van der Waals surface area contributed by atoms with Gasteiger partial charge in [0.15, 0.2) is 5.65 Å². The largest absolute Gasteiger partial charge is 0.334 e. The number of hydrogen-bond donors (Lipinski definition) is 1. The number of rotatable bonds is 2. The lowest BCUT2D eigenvalue weighted by Crippen LogP contribution is -2.49. The number of piperidine rings is 1. The second-order valence-corrected chi connectivity index (χ2v) is 6.74. The van der Waals surface area contributed by atoms with E-state index in [-0.39, 0.29) is 36.8 Å². The number of nitrogens with two attached hydrogens (primary N) is 1. The van der Waals surface area contributed by atoms with Crippen LogP contribution in [0.4, 0.5) is 0 Å². The van der Waals surface area contributed by atoms with E-state index >= 15 is 0 Å². The molecular weight excluding hydrogens is 361 g/mol. The van der Waals surface area contributed by atoms with Crippen LogP contribution in [0.15, 0.2) is 6.07 Å². The van der Waals surface area contributed by atoms with Crippen LogP contribution in [0.25, 0.3) is 11.0 Å². The number of carbonyl (C=O) groups is 1. The van der Waals surface area contributed by atoms with E-state index in [0.29, 0.717) is 18.0 Å². The van der Waals surface area contributed by atoms with Gasteiger partial charge in [-0.3, -0.25) is 9.48 Å².